The van der Waals surface area contributed by atoms with Crippen molar-refractivity contribution in [2.75, 3.05) is 19.8 Å². The number of carbonyl (C=O) groups is 1. The number of sulfonamides is 1. The van der Waals surface area contributed by atoms with E-state index in [1.165, 1.54) is 6.07 Å². The van der Waals surface area contributed by atoms with Gasteiger partial charge in [0, 0.05) is 23.1 Å². The van der Waals surface area contributed by atoms with E-state index in [1.54, 1.807) is 17.9 Å². The van der Waals surface area contributed by atoms with Crippen LogP contribution in [0.3, 0.4) is 0 Å². The number of fused-ring (bicyclic) bond motifs is 1. The Morgan fingerprint density at radius 2 is 1.92 bits per heavy atom. The van der Waals surface area contributed by atoms with E-state index >= 15 is 0 Å². The van der Waals surface area contributed by atoms with Crippen LogP contribution in [0.1, 0.15) is 33.1 Å². The van der Waals surface area contributed by atoms with Gasteiger partial charge in [0.15, 0.2) is 11.5 Å². The normalized spacial score (nSPS) is 21.3. The number of nitrogens with zero attached hydrogens (tertiary/aromatic N) is 1. The Kier molecular flexibility index (Phi) is 5.78. The van der Waals surface area contributed by atoms with E-state index in [0.29, 0.717) is 35.7 Å². The third kappa shape index (κ3) is 3.99. The molecule has 0 spiro atoms. The van der Waals surface area contributed by atoms with E-state index in [1.807, 2.05) is 6.92 Å². The first kappa shape index (κ1) is 19.4. The second-order valence-electron chi connectivity index (χ2n) is 6.65. The zero-order valence-corrected chi connectivity index (χ0v) is 17.2. The maximum absolute atomic E-state index is 12.8. The zero-order valence-electron chi connectivity index (χ0n) is 14.8. The van der Waals surface area contributed by atoms with Gasteiger partial charge in [-0.25, -0.2) is 8.42 Å². The summed E-state index contributed by atoms with van der Waals surface area (Å²) in [6.07, 6.45) is 2.98. The molecule has 0 bridgehead atoms. The van der Waals surface area contributed by atoms with Gasteiger partial charge in [-0.3, -0.25) is 4.79 Å². The number of halogens is 1. The minimum Gasteiger partial charge on any atom is -0.486 e. The summed E-state index contributed by atoms with van der Waals surface area (Å²) < 4.78 is 39.4. The third-order valence-corrected chi connectivity index (χ3v) is 7.17. The average molecular weight is 447 g/mol. The van der Waals surface area contributed by atoms with Gasteiger partial charge in [0.25, 0.3) is 0 Å². The summed E-state index contributed by atoms with van der Waals surface area (Å²) in [5.41, 5.74) is 0. The van der Waals surface area contributed by atoms with Gasteiger partial charge < -0.3 is 14.4 Å². The molecule has 1 amide bonds. The fourth-order valence-electron chi connectivity index (χ4n) is 3.27. The lowest BCUT2D eigenvalue weighted by Crippen LogP contribution is -2.51. The molecule has 1 aromatic rings. The van der Waals surface area contributed by atoms with Crippen molar-refractivity contribution in [3.63, 3.8) is 0 Å². The Morgan fingerprint density at radius 1 is 1.27 bits per heavy atom. The molecule has 1 saturated heterocycles. The first-order valence-corrected chi connectivity index (χ1v) is 11.0. The van der Waals surface area contributed by atoms with Gasteiger partial charge in [0.1, 0.15) is 18.1 Å². The summed E-state index contributed by atoms with van der Waals surface area (Å²) in [6.45, 7) is 5.02. The first-order valence-electron chi connectivity index (χ1n) is 8.71. The fraction of sp³-hybridized carbons (Fsp3) is 0.588. The highest BCUT2D eigenvalue weighted by Crippen LogP contribution is 2.37. The molecule has 2 aliphatic rings. The van der Waals surface area contributed by atoms with Crippen LogP contribution in [0.4, 0.5) is 0 Å². The number of benzene rings is 1. The second-order valence-corrected chi connectivity index (χ2v) is 9.18. The third-order valence-electron chi connectivity index (χ3n) is 4.67. The fourth-order valence-corrected chi connectivity index (χ4v) is 5.50. The van der Waals surface area contributed by atoms with Gasteiger partial charge in [-0.15, -0.1) is 0 Å². The highest BCUT2D eigenvalue weighted by Gasteiger charge is 2.31. The topological polar surface area (TPSA) is 84.9 Å². The number of nitrogens with one attached hydrogen (secondary N) is 1. The number of rotatable bonds is 4. The van der Waals surface area contributed by atoms with E-state index in [-0.39, 0.29) is 16.8 Å². The van der Waals surface area contributed by atoms with Crippen molar-refractivity contribution in [2.45, 2.75) is 50.1 Å². The molecular weight excluding hydrogens is 424 g/mol. The number of hydrogen-bond donors (Lipinski definition) is 1. The summed E-state index contributed by atoms with van der Waals surface area (Å²) >= 11 is 3.27. The molecule has 1 aromatic carbocycles. The monoisotopic (exact) mass is 446 g/mol. The molecular formula is C17H23BrN2O5S. The van der Waals surface area contributed by atoms with Crippen LogP contribution in [0.15, 0.2) is 21.5 Å². The van der Waals surface area contributed by atoms with Gasteiger partial charge >= 0.3 is 0 Å². The van der Waals surface area contributed by atoms with Crippen LogP contribution in [-0.2, 0) is 14.8 Å². The van der Waals surface area contributed by atoms with Crippen molar-refractivity contribution < 1.29 is 22.7 Å². The van der Waals surface area contributed by atoms with Crippen LogP contribution in [0.5, 0.6) is 11.5 Å². The molecule has 1 fully saturated rings. The summed E-state index contributed by atoms with van der Waals surface area (Å²) in [5, 5.41) is 0. The molecule has 0 aliphatic carbocycles. The van der Waals surface area contributed by atoms with Crippen LogP contribution in [-0.4, -0.2) is 51.1 Å². The van der Waals surface area contributed by atoms with E-state index in [9.17, 15) is 13.2 Å². The largest absolute Gasteiger partial charge is 0.486 e. The summed E-state index contributed by atoms with van der Waals surface area (Å²) in [4.78, 5) is 14.5. The molecule has 2 atom stereocenters. The highest BCUT2D eigenvalue weighted by atomic mass is 79.9. The summed E-state index contributed by atoms with van der Waals surface area (Å²) in [7, 11) is -3.90. The summed E-state index contributed by atoms with van der Waals surface area (Å²) in [6, 6.07) is 2.27. The Bertz CT molecular complexity index is 799. The van der Waals surface area contributed by atoms with Gasteiger partial charge in [-0.2, -0.15) is 4.72 Å². The molecule has 0 unspecified atom stereocenters. The van der Waals surface area contributed by atoms with Crippen LogP contribution >= 0.6 is 15.9 Å². The molecule has 0 saturated carbocycles. The molecule has 26 heavy (non-hydrogen) atoms. The van der Waals surface area contributed by atoms with Gasteiger partial charge in [0.05, 0.1) is 6.04 Å². The molecule has 9 heteroatoms. The van der Waals surface area contributed by atoms with Gasteiger partial charge in [-0.05, 0) is 55.1 Å². The molecule has 3 rings (SSSR count). The lowest BCUT2D eigenvalue weighted by molar-refractivity contribution is -0.135. The standard InChI is InChI=1S/C17H23BrN2O5S/c1-11-5-3-4-6-20(11)17(21)12(2)19-26(22,23)16-10-15-14(9-13(16)18)24-7-8-25-15/h9-12,19H,3-8H2,1-2H3/t11-,12-/m1/s1. The molecule has 0 radical (unpaired) electrons. The van der Waals surface area contributed by atoms with Crippen LogP contribution in [0, 0.1) is 0 Å². The van der Waals surface area contributed by atoms with Crippen molar-refractivity contribution in [3.8, 4) is 11.5 Å². The number of likely N-dealkylation sites (tertiary alicyclic amines) is 1. The number of ether oxygens (including phenoxy) is 2. The van der Waals surface area contributed by atoms with Gasteiger partial charge in [-0.1, -0.05) is 0 Å². The molecule has 2 aliphatic heterocycles. The van der Waals surface area contributed by atoms with E-state index in [2.05, 4.69) is 20.7 Å². The predicted molar refractivity (Wildman–Crippen MR) is 99.9 cm³/mol. The number of hydrogen-bond acceptors (Lipinski definition) is 5. The van der Waals surface area contributed by atoms with Crippen LogP contribution in [0.2, 0.25) is 0 Å². The Morgan fingerprint density at radius 3 is 2.58 bits per heavy atom. The molecule has 7 nitrogen and oxygen atoms in total. The van der Waals surface area contributed by atoms with E-state index < -0.39 is 16.1 Å². The van der Waals surface area contributed by atoms with Crippen molar-refractivity contribution in [3.05, 3.63) is 16.6 Å². The summed E-state index contributed by atoms with van der Waals surface area (Å²) in [5.74, 6) is 0.672. The van der Waals surface area contributed by atoms with Crippen molar-refractivity contribution in [1.82, 2.24) is 9.62 Å². The van der Waals surface area contributed by atoms with Crippen molar-refractivity contribution >= 4 is 31.9 Å². The zero-order chi connectivity index (χ0) is 18.9. The maximum atomic E-state index is 12.8. The molecule has 144 valence electrons. The molecule has 0 aromatic heterocycles. The Labute approximate surface area is 162 Å². The van der Waals surface area contributed by atoms with Crippen molar-refractivity contribution in [1.29, 1.82) is 0 Å². The number of carbonyl (C=O) groups excluding carboxylic acids is 1. The maximum Gasteiger partial charge on any atom is 0.242 e. The van der Waals surface area contributed by atoms with E-state index in [0.717, 1.165) is 19.3 Å². The SMILES string of the molecule is C[C@@H]1CCCCN1C(=O)[C@@H](C)NS(=O)(=O)c1cc2c(cc1Br)OCCO2. The highest BCUT2D eigenvalue weighted by molar-refractivity contribution is 9.10. The lowest BCUT2D eigenvalue weighted by Gasteiger charge is -2.35. The minimum atomic E-state index is -3.90. The predicted octanol–water partition coefficient (Wildman–Crippen LogP) is 2.29. The first-order chi connectivity index (χ1) is 12.3. The Balaban J connectivity index is 1.79. The van der Waals surface area contributed by atoms with Crippen LogP contribution < -0.4 is 14.2 Å². The van der Waals surface area contributed by atoms with Crippen molar-refractivity contribution in [2.24, 2.45) is 0 Å². The minimum absolute atomic E-state index is 0.0214. The lowest BCUT2D eigenvalue weighted by atomic mass is 10.0. The van der Waals surface area contributed by atoms with Gasteiger partial charge in [0.2, 0.25) is 15.9 Å². The molecule has 1 N–H and O–H groups in total. The second kappa shape index (κ2) is 7.74. The Hall–Kier alpha value is -1.32. The molecule has 2 heterocycles. The smallest absolute Gasteiger partial charge is 0.242 e. The average Bonchev–Trinajstić information content (AvgIpc) is 2.60. The van der Waals surface area contributed by atoms with Crippen LogP contribution in [0.25, 0.3) is 0 Å². The number of piperidine rings is 1. The van der Waals surface area contributed by atoms with E-state index in [4.69, 9.17) is 9.47 Å². The number of amides is 1. The quantitative estimate of drug-likeness (QED) is 0.766.